The van der Waals surface area contributed by atoms with Crippen molar-refractivity contribution in [3.63, 3.8) is 0 Å². The lowest BCUT2D eigenvalue weighted by molar-refractivity contribution is -0.146. The van der Waals surface area contributed by atoms with E-state index in [9.17, 15) is 9.90 Å². The van der Waals surface area contributed by atoms with Crippen LogP contribution in [0.2, 0.25) is 5.02 Å². The minimum atomic E-state index is -0.544. The molecule has 3 atom stereocenters. The zero-order valence-electron chi connectivity index (χ0n) is 11.8. The van der Waals surface area contributed by atoms with E-state index in [0.29, 0.717) is 18.1 Å². The number of hydrogen-bond donors (Lipinski definition) is 1. The minimum Gasteiger partial charge on any atom is -0.469 e. The van der Waals surface area contributed by atoms with Crippen molar-refractivity contribution in [2.75, 3.05) is 20.2 Å². The monoisotopic (exact) mass is 297 g/mol. The number of ether oxygens (including phenoxy) is 1. The summed E-state index contributed by atoms with van der Waals surface area (Å²) in [5, 5.41) is 10.4. The Morgan fingerprint density at radius 3 is 2.65 bits per heavy atom. The summed E-state index contributed by atoms with van der Waals surface area (Å²) in [6.07, 6.45) is 0.234. The van der Waals surface area contributed by atoms with Crippen molar-refractivity contribution in [2.24, 2.45) is 11.8 Å². The summed E-state index contributed by atoms with van der Waals surface area (Å²) < 4.78 is 4.88. The summed E-state index contributed by atoms with van der Waals surface area (Å²) in [5.74, 6) is -0.240. The first-order chi connectivity index (χ1) is 9.51. The molecule has 0 bridgehead atoms. The molecule has 1 aromatic rings. The van der Waals surface area contributed by atoms with Gasteiger partial charge in [0, 0.05) is 18.1 Å². The van der Waals surface area contributed by atoms with Gasteiger partial charge >= 0.3 is 5.97 Å². The number of methoxy groups -OCH3 is 1. The van der Waals surface area contributed by atoms with Crippen LogP contribution in [-0.2, 0) is 16.0 Å². The molecule has 1 aromatic carbocycles. The zero-order chi connectivity index (χ0) is 14.7. The second kappa shape index (κ2) is 6.57. The Bertz CT molecular complexity index is 461. The molecule has 20 heavy (non-hydrogen) atoms. The molecule has 5 heteroatoms. The maximum atomic E-state index is 11.9. The standard InChI is InChI=1S/C15H20ClNO3/c1-10(18)17-8-12(14(9-17)15(19)20-2)7-11-3-5-13(16)6-4-11/h3-6,10,12,14,18H,7-9H2,1-2H3/t10?,12-,14-/m0/s1. The summed E-state index contributed by atoms with van der Waals surface area (Å²) in [7, 11) is 1.41. The number of carbonyl (C=O) groups excluding carboxylic acids is 1. The highest BCUT2D eigenvalue weighted by Gasteiger charge is 2.39. The first kappa shape index (κ1) is 15.3. The van der Waals surface area contributed by atoms with E-state index in [1.807, 2.05) is 29.2 Å². The van der Waals surface area contributed by atoms with Gasteiger partial charge in [-0.2, -0.15) is 0 Å². The van der Waals surface area contributed by atoms with Gasteiger partial charge in [-0.25, -0.2) is 0 Å². The van der Waals surface area contributed by atoms with E-state index in [-0.39, 0.29) is 17.8 Å². The Kier molecular flexibility index (Phi) is 5.02. The molecular weight excluding hydrogens is 278 g/mol. The number of carbonyl (C=O) groups is 1. The van der Waals surface area contributed by atoms with Crippen LogP contribution in [0.3, 0.4) is 0 Å². The van der Waals surface area contributed by atoms with Crippen LogP contribution in [-0.4, -0.2) is 42.4 Å². The third kappa shape index (κ3) is 3.51. The Morgan fingerprint density at radius 1 is 1.45 bits per heavy atom. The number of aliphatic hydroxyl groups is 1. The summed E-state index contributed by atoms with van der Waals surface area (Å²) in [6.45, 7) is 2.96. The molecule has 0 saturated carbocycles. The number of esters is 1. The molecule has 4 nitrogen and oxygen atoms in total. The van der Waals surface area contributed by atoms with Gasteiger partial charge in [0.2, 0.25) is 0 Å². The molecule has 1 saturated heterocycles. The van der Waals surface area contributed by atoms with Crippen molar-refractivity contribution in [1.29, 1.82) is 0 Å². The van der Waals surface area contributed by atoms with E-state index in [2.05, 4.69) is 0 Å². The Balaban J connectivity index is 2.10. The van der Waals surface area contributed by atoms with Gasteiger partial charge in [0.05, 0.1) is 13.0 Å². The first-order valence-electron chi connectivity index (χ1n) is 6.75. The van der Waals surface area contributed by atoms with E-state index < -0.39 is 6.23 Å². The normalized spacial score (nSPS) is 24.6. The summed E-state index contributed by atoms with van der Waals surface area (Å²) in [4.78, 5) is 13.8. The Morgan fingerprint density at radius 2 is 2.10 bits per heavy atom. The molecular formula is C15H20ClNO3. The maximum absolute atomic E-state index is 11.9. The van der Waals surface area contributed by atoms with Gasteiger partial charge in [0.15, 0.2) is 0 Å². The van der Waals surface area contributed by atoms with Crippen LogP contribution in [0.5, 0.6) is 0 Å². The first-order valence-corrected chi connectivity index (χ1v) is 7.13. The number of hydrogen-bond acceptors (Lipinski definition) is 4. The van der Waals surface area contributed by atoms with E-state index in [0.717, 1.165) is 12.0 Å². The van der Waals surface area contributed by atoms with Crippen LogP contribution in [0, 0.1) is 11.8 Å². The molecule has 0 amide bonds. The Hall–Kier alpha value is -1.10. The lowest BCUT2D eigenvalue weighted by atomic mass is 9.90. The highest BCUT2D eigenvalue weighted by molar-refractivity contribution is 6.30. The SMILES string of the molecule is COC(=O)[C@H]1CN(C(C)O)C[C@@H]1Cc1ccc(Cl)cc1. The lowest BCUT2D eigenvalue weighted by Crippen LogP contribution is -2.31. The van der Waals surface area contributed by atoms with E-state index in [1.54, 1.807) is 6.92 Å². The fourth-order valence-electron chi connectivity index (χ4n) is 2.76. The highest BCUT2D eigenvalue weighted by atomic mass is 35.5. The van der Waals surface area contributed by atoms with Gasteiger partial charge in [0.25, 0.3) is 0 Å². The second-order valence-electron chi connectivity index (χ2n) is 5.31. The van der Waals surface area contributed by atoms with Crippen molar-refractivity contribution < 1.29 is 14.6 Å². The van der Waals surface area contributed by atoms with Crippen LogP contribution < -0.4 is 0 Å². The molecule has 2 rings (SSSR count). The molecule has 1 N–H and O–H groups in total. The van der Waals surface area contributed by atoms with Crippen LogP contribution in [0.25, 0.3) is 0 Å². The second-order valence-corrected chi connectivity index (χ2v) is 5.74. The van der Waals surface area contributed by atoms with Crippen LogP contribution in [0.15, 0.2) is 24.3 Å². The van der Waals surface area contributed by atoms with Gasteiger partial charge in [0.1, 0.15) is 6.23 Å². The number of nitrogens with zero attached hydrogens (tertiary/aromatic N) is 1. The van der Waals surface area contributed by atoms with Gasteiger partial charge < -0.3 is 9.84 Å². The minimum absolute atomic E-state index is 0.151. The molecule has 0 radical (unpaired) electrons. The summed E-state index contributed by atoms with van der Waals surface area (Å²) in [5.41, 5.74) is 1.14. The molecule has 1 unspecified atom stereocenters. The van der Waals surface area contributed by atoms with Crippen LogP contribution in [0.4, 0.5) is 0 Å². The van der Waals surface area contributed by atoms with Crippen molar-refractivity contribution in [1.82, 2.24) is 4.90 Å². The number of likely N-dealkylation sites (tertiary alicyclic amines) is 1. The molecule has 110 valence electrons. The lowest BCUT2D eigenvalue weighted by Gasteiger charge is -2.18. The fourth-order valence-corrected chi connectivity index (χ4v) is 2.88. The summed E-state index contributed by atoms with van der Waals surface area (Å²) >= 11 is 5.88. The predicted molar refractivity (Wildman–Crippen MR) is 77.4 cm³/mol. The highest BCUT2D eigenvalue weighted by Crippen LogP contribution is 2.29. The number of rotatable bonds is 4. The molecule has 0 aliphatic carbocycles. The van der Waals surface area contributed by atoms with Crippen molar-refractivity contribution in [3.05, 3.63) is 34.9 Å². The molecule has 1 aliphatic heterocycles. The molecule has 1 heterocycles. The van der Waals surface area contributed by atoms with Gasteiger partial charge in [-0.15, -0.1) is 0 Å². The predicted octanol–water partition coefficient (Wildman–Crippen LogP) is 1.94. The van der Waals surface area contributed by atoms with Crippen LogP contribution in [0.1, 0.15) is 12.5 Å². The molecule has 1 aliphatic rings. The van der Waals surface area contributed by atoms with E-state index >= 15 is 0 Å². The molecule has 0 spiro atoms. The van der Waals surface area contributed by atoms with Gasteiger partial charge in [-0.05, 0) is 37.0 Å². The van der Waals surface area contributed by atoms with E-state index in [1.165, 1.54) is 7.11 Å². The fraction of sp³-hybridized carbons (Fsp3) is 0.533. The van der Waals surface area contributed by atoms with Gasteiger partial charge in [-0.1, -0.05) is 23.7 Å². The average Bonchev–Trinajstić information content (AvgIpc) is 2.84. The number of aliphatic hydroxyl groups excluding tert-OH is 1. The topological polar surface area (TPSA) is 49.8 Å². The quantitative estimate of drug-likeness (QED) is 0.863. The maximum Gasteiger partial charge on any atom is 0.310 e. The molecule has 0 aromatic heterocycles. The van der Waals surface area contributed by atoms with Crippen LogP contribution >= 0.6 is 11.6 Å². The smallest absolute Gasteiger partial charge is 0.310 e. The third-order valence-corrected chi connectivity index (χ3v) is 4.16. The third-order valence-electron chi connectivity index (χ3n) is 3.91. The number of halogens is 1. The van der Waals surface area contributed by atoms with Crippen molar-refractivity contribution in [2.45, 2.75) is 19.6 Å². The molecule has 1 fully saturated rings. The van der Waals surface area contributed by atoms with Crippen molar-refractivity contribution >= 4 is 17.6 Å². The number of benzene rings is 1. The Labute approximate surface area is 124 Å². The zero-order valence-corrected chi connectivity index (χ0v) is 12.5. The largest absolute Gasteiger partial charge is 0.469 e. The summed E-state index contributed by atoms with van der Waals surface area (Å²) in [6, 6.07) is 7.65. The van der Waals surface area contributed by atoms with Crippen molar-refractivity contribution in [3.8, 4) is 0 Å². The average molecular weight is 298 g/mol. The van der Waals surface area contributed by atoms with Gasteiger partial charge in [-0.3, -0.25) is 9.69 Å². The van der Waals surface area contributed by atoms with E-state index in [4.69, 9.17) is 16.3 Å².